The number of urea groups is 1. The third-order valence-electron chi connectivity index (χ3n) is 4.19. The minimum absolute atomic E-state index is 0.313. The number of halogens is 1. The number of nitrogens with zero attached hydrogens (tertiary/aromatic N) is 3. The van der Waals surface area contributed by atoms with Crippen LogP contribution in [0, 0.1) is 6.92 Å². The highest BCUT2D eigenvalue weighted by molar-refractivity contribution is 9.10. The Morgan fingerprint density at radius 2 is 2.00 bits per heavy atom. The summed E-state index contributed by atoms with van der Waals surface area (Å²) in [6.45, 7) is 1.73. The molecule has 3 N–H and O–H groups in total. The SMILES string of the molecule is Cc1nc2ccc(Br)cc2c(Nc2cccs2)c1NC(=O)NS(=O)(=O)c1ccncn1. The summed E-state index contributed by atoms with van der Waals surface area (Å²) in [5.41, 5.74) is 2.19. The monoisotopic (exact) mass is 518 g/mol. The molecular formula is C19H15BrN6O3S2. The van der Waals surface area contributed by atoms with Crippen molar-refractivity contribution in [1.29, 1.82) is 0 Å². The van der Waals surface area contributed by atoms with Crippen molar-refractivity contribution in [2.45, 2.75) is 11.9 Å². The molecule has 31 heavy (non-hydrogen) atoms. The first-order valence-electron chi connectivity index (χ1n) is 8.84. The van der Waals surface area contributed by atoms with Crippen LogP contribution in [0.1, 0.15) is 5.69 Å². The van der Waals surface area contributed by atoms with Crippen molar-refractivity contribution >= 4 is 70.6 Å². The van der Waals surface area contributed by atoms with E-state index in [9.17, 15) is 13.2 Å². The molecule has 0 fully saturated rings. The van der Waals surface area contributed by atoms with Gasteiger partial charge in [0.25, 0.3) is 10.0 Å². The molecule has 0 saturated carbocycles. The number of pyridine rings is 1. The molecule has 0 bridgehead atoms. The number of sulfonamides is 1. The van der Waals surface area contributed by atoms with Crippen molar-refractivity contribution in [3.8, 4) is 0 Å². The molecule has 12 heteroatoms. The topological polar surface area (TPSA) is 126 Å². The number of carbonyl (C=O) groups is 1. The van der Waals surface area contributed by atoms with Gasteiger partial charge in [-0.15, -0.1) is 11.3 Å². The summed E-state index contributed by atoms with van der Waals surface area (Å²) in [7, 11) is -4.16. The molecule has 0 aliphatic heterocycles. The molecule has 0 aliphatic carbocycles. The van der Waals surface area contributed by atoms with Crippen LogP contribution in [0.3, 0.4) is 0 Å². The smallest absolute Gasteiger partial charge is 0.333 e. The van der Waals surface area contributed by atoms with Crippen molar-refractivity contribution in [3.05, 3.63) is 64.5 Å². The Morgan fingerprint density at radius 1 is 1.16 bits per heavy atom. The number of benzene rings is 1. The molecule has 0 radical (unpaired) electrons. The molecule has 0 unspecified atom stereocenters. The number of hydrogen-bond donors (Lipinski definition) is 3. The Hall–Kier alpha value is -3.09. The fourth-order valence-electron chi connectivity index (χ4n) is 2.86. The van der Waals surface area contributed by atoms with Gasteiger partial charge in [-0.1, -0.05) is 15.9 Å². The number of aryl methyl sites for hydroxylation is 1. The van der Waals surface area contributed by atoms with E-state index in [1.165, 1.54) is 23.6 Å². The van der Waals surface area contributed by atoms with E-state index in [0.717, 1.165) is 26.7 Å². The maximum absolute atomic E-state index is 12.6. The van der Waals surface area contributed by atoms with Gasteiger partial charge in [0.2, 0.25) is 0 Å². The molecule has 0 atom stereocenters. The maximum Gasteiger partial charge on any atom is 0.333 e. The quantitative estimate of drug-likeness (QED) is 0.334. The van der Waals surface area contributed by atoms with Gasteiger partial charge in [-0.2, -0.15) is 8.42 Å². The van der Waals surface area contributed by atoms with Gasteiger partial charge in [0.05, 0.1) is 27.6 Å². The lowest BCUT2D eigenvalue weighted by Gasteiger charge is -2.17. The van der Waals surface area contributed by atoms with Gasteiger partial charge < -0.3 is 10.6 Å². The molecule has 1 aromatic carbocycles. The fourth-order valence-corrected chi connectivity index (χ4v) is 4.67. The lowest BCUT2D eigenvalue weighted by atomic mass is 10.1. The molecule has 0 aliphatic rings. The van der Waals surface area contributed by atoms with Crippen molar-refractivity contribution in [1.82, 2.24) is 19.7 Å². The van der Waals surface area contributed by atoms with Crippen LogP contribution in [-0.2, 0) is 10.0 Å². The normalized spacial score (nSPS) is 11.3. The lowest BCUT2D eigenvalue weighted by Crippen LogP contribution is -2.35. The zero-order valence-electron chi connectivity index (χ0n) is 16.0. The fraction of sp³-hybridized carbons (Fsp3) is 0.0526. The van der Waals surface area contributed by atoms with E-state index in [-0.39, 0.29) is 5.03 Å². The van der Waals surface area contributed by atoms with E-state index in [2.05, 4.69) is 41.5 Å². The number of amides is 2. The Morgan fingerprint density at radius 3 is 2.71 bits per heavy atom. The van der Waals surface area contributed by atoms with Crippen molar-refractivity contribution in [2.24, 2.45) is 0 Å². The molecule has 9 nitrogen and oxygen atoms in total. The van der Waals surface area contributed by atoms with Crippen molar-refractivity contribution < 1.29 is 13.2 Å². The number of nitrogens with one attached hydrogen (secondary N) is 3. The molecule has 3 aromatic heterocycles. The van der Waals surface area contributed by atoms with Gasteiger partial charge in [-0.25, -0.2) is 19.5 Å². The second-order valence-corrected chi connectivity index (χ2v) is 9.81. The van der Waals surface area contributed by atoms with Gasteiger partial charge >= 0.3 is 6.03 Å². The number of rotatable bonds is 5. The van der Waals surface area contributed by atoms with Gasteiger partial charge in [0.15, 0.2) is 5.03 Å². The number of thiophene rings is 1. The van der Waals surface area contributed by atoms with Crippen LogP contribution >= 0.6 is 27.3 Å². The summed E-state index contributed by atoms with van der Waals surface area (Å²) in [6, 6.07) is 9.65. The largest absolute Gasteiger partial charge is 0.345 e. The van der Waals surface area contributed by atoms with Gasteiger partial charge in [0, 0.05) is 16.1 Å². The third-order valence-corrected chi connectivity index (χ3v) is 6.72. The van der Waals surface area contributed by atoms with Crippen molar-refractivity contribution in [3.63, 3.8) is 0 Å². The van der Waals surface area contributed by atoms with Crippen LogP contribution in [-0.4, -0.2) is 29.4 Å². The average Bonchev–Trinajstić information content (AvgIpc) is 3.25. The van der Waals surface area contributed by atoms with E-state index in [1.54, 1.807) is 6.92 Å². The molecule has 4 aromatic rings. The number of aromatic nitrogens is 3. The highest BCUT2D eigenvalue weighted by Gasteiger charge is 2.22. The minimum Gasteiger partial charge on any atom is -0.345 e. The van der Waals surface area contributed by atoms with Crippen LogP contribution in [0.5, 0.6) is 0 Å². The summed E-state index contributed by atoms with van der Waals surface area (Å²) >= 11 is 4.95. The van der Waals surface area contributed by atoms with Crippen LogP contribution in [0.15, 0.2) is 63.8 Å². The summed E-state index contributed by atoms with van der Waals surface area (Å²) in [5.74, 6) is 0. The number of hydrogen-bond acceptors (Lipinski definition) is 8. The average molecular weight is 519 g/mol. The summed E-state index contributed by atoms with van der Waals surface area (Å²) in [6.07, 6.45) is 2.36. The first-order chi connectivity index (χ1) is 14.8. The predicted molar refractivity (Wildman–Crippen MR) is 123 cm³/mol. The van der Waals surface area contributed by atoms with Crippen LogP contribution in [0.25, 0.3) is 10.9 Å². The highest BCUT2D eigenvalue weighted by Crippen LogP contribution is 2.37. The molecule has 2 amide bonds. The molecule has 0 spiro atoms. The number of anilines is 3. The zero-order valence-corrected chi connectivity index (χ0v) is 19.2. The minimum atomic E-state index is -4.16. The molecular weight excluding hydrogens is 504 g/mol. The predicted octanol–water partition coefficient (Wildman–Crippen LogP) is 4.41. The van der Waals surface area contributed by atoms with E-state index in [1.807, 2.05) is 40.4 Å². The van der Waals surface area contributed by atoms with Crippen molar-refractivity contribution in [2.75, 3.05) is 10.6 Å². The first kappa shape index (κ1) is 21.2. The second-order valence-electron chi connectivity index (χ2n) is 6.32. The van der Waals surface area contributed by atoms with Crippen LogP contribution < -0.4 is 15.4 Å². The maximum atomic E-state index is 12.6. The Labute approximate surface area is 190 Å². The van der Waals surface area contributed by atoms with E-state index in [4.69, 9.17) is 0 Å². The Balaban J connectivity index is 1.72. The molecule has 3 heterocycles. The molecule has 0 saturated heterocycles. The summed E-state index contributed by atoms with van der Waals surface area (Å²) < 4.78 is 27.6. The first-order valence-corrected chi connectivity index (χ1v) is 12.0. The van der Waals surface area contributed by atoms with Gasteiger partial charge in [-0.3, -0.25) is 4.98 Å². The van der Waals surface area contributed by atoms with Crippen LogP contribution in [0.2, 0.25) is 0 Å². The van der Waals surface area contributed by atoms with Crippen LogP contribution in [0.4, 0.5) is 21.2 Å². The standard InChI is InChI=1S/C19H15BrN6O3S2/c1-11-17(25-19(27)26-31(28,29)16-6-7-21-10-22-16)18(24-15-3-2-8-30-15)13-9-12(20)4-5-14(13)23-11/h2-10H,1H3,(H,23,24)(H2,25,26,27). The number of fused-ring (bicyclic) bond motifs is 1. The molecule has 4 rings (SSSR count). The second kappa shape index (κ2) is 8.57. The summed E-state index contributed by atoms with van der Waals surface area (Å²) in [5, 5.41) is 9.14. The van der Waals surface area contributed by atoms with Gasteiger partial charge in [0.1, 0.15) is 6.33 Å². The van der Waals surface area contributed by atoms with Gasteiger partial charge in [-0.05, 0) is 48.7 Å². The number of carbonyl (C=O) groups excluding carboxylic acids is 1. The lowest BCUT2D eigenvalue weighted by molar-refractivity contribution is 0.256. The van der Waals surface area contributed by atoms with E-state index < -0.39 is 16.1 Å². The highest BCUT2D eigenvalue weighted by atomic mass is 79.9. The van der Waals surface area contributed by atoms with E-state index >= 15 is 0 Å². The molecule has 158 valence electrons. The van der Waals surface area contributed by atoms with E-state index in [0.29, 0.717) is 17.1 Å². The summed E-state index contributed by atoms with van der Waals surface area (Å²) in [4.78, 5) is 24.5. The Kier molecular flexibility index (Phi) is 5.85. The third kappa shape index (κ3) is 4.65. The zero-order chi connectivity index (χ0) is 22.0. The Bertz CT molecular complexity index is 1360.